The predicted molar refractivity (Wildman–Crippen MR) is 74.3 cm³/mol. The van der Waals surface area contributed by atoms with Gasteiger partial charge in [0.25, 0.3) is 0 Å². The zero-order chi connectivity index (χ0) is 13.0. The molecular weight excluding hydrogens is 234 g/mol. The molecule has 0 saturated heterocycles. The average Bonchev–Trinajstić information content (AvgIpc) is 2.28. The van der Waals surface area contributed by atoms with Crippen LogP contribution in [0, 0.1) is 0 Å². The van der Waals surface area contributed by atoms with E-state index in [2.05, 4.69) is 0 Å². The Kier molecular flexibility index (Phi) is 4.45. The van der Waals surface area contributed by atoms with Gasteiger partial charge in [-0.1, -0.05) is 12.2 Å². The van der Waals surface area contributed by atoms with E-state index >= 15 is 0 Å². The maximum absolute atomic E-state index is 11.5. The van der Waals surface area contributed by atoms with Gasteiger partial charge in [0.05, 0.1) is 6.54 Å². The topological polar surface area (TPSA) is 49.6 Å². The fourth-order valence-corrected chi connectivity index (χ4v) is 1.45. The third kappa shape index (κ3) is 3.71. The number of hydrogen-bond donors (Lipinski definition) is 1. The molecule has 5 heteroatoms. The van der Waals surface area contributed by atoms with Gasteiger partial charge >= 0.3 is 0 Å². The molecule has 0 radical (unpaired) electrons. The highest BCUT2D eigenvalue weighted by Gasteiger charge is 2.09. The Morgan fingerprint density at radius 1 is 1.24 bits per heavy atom. The van der Waals surface area contributed by atoms with Crippen molar-refractivity contribution in [2.24, 2.45) is 5.73 Å². The van der Waals surface area contributed by atoms with Gasteiger partial charge in [-0.25, -0.2) is 0 Å². The number of anilines is 1. The maximum Gasteiger partial charge on any atom is 0.241 e. The van der Waals surface area contributed by atoms with Crippen molar-refractivity contribution in [3.63, 3.8) is 0 Å². The van der Waals surface area contributed by atoms with Crippen LogP contribution in [0.2, 0.25) is 0 Å². The van der Waals surface area contributed by atoms with Crippen LogP contribution in [0.4, 0.5) is 5.69 Å². The number of nitrogens with two attached hydrogens (primary N) is 1. The van der Waals surface area contributed by atoms with E-state index in [1.807, 2.05) is 36.2 Å². The number of carbonyl (C=O) groups is 1. The van der Waals surface area contributed by atoms with Crippen LogP contribution < -0.4 is 10.6 Å². The summed E-state index contributed by atoms with van der Waals surface area (Å²) in [6.07, 6.45) is 0. The summed E-state index contributed by atoms with van der Waals surface area (Å²) in [6.45, 7) is 0.347. The molecule has 2 N–H and O–H groups in total. The fourth-order valence-electron chi connectivity index (χ4n) is 1.32. The van der Waals surface area contributed by atoms with E-state index < -0.39 is 0 Å². The van der Waals surface area contributed by atoms with Crippen LogP contribution in [-0.2, 0) is 4.79 Å². The summed E-state index contributed by atoms with van der Waals surface area (Å²) < 4.78 is 0. The van der Waals surface area contributed by atoms with Crippen molar-refractivity contribution >= 4 is 28.8 Å². The molecule has 0 heterocycles. The van der Waals surface area contributed by atoms with E-state index in [-0.39, 0.29) is 5.91 Å². The summed E-state index contributed by atoms with van der Waals surface area (Å²) >= 11 is 4.88. The Hall–Kier alpha value is -1.62. The molecule has 0 saturated carbocycles. The van der Waals surface area contributed by atoms with E-state index in [9.17, 15) is 4.79 Å². The van der Waals surface area contributed by atoms with Crippen molar-refractivity contribution in [3.8, 4) is 0 Å². The van der Waals surface area contributed by atoms with Crippen molar-refractivity contribution < 1.29 is 4.79 Å². The van der Waals surface area contributed by atoms with Crippen molar-refractivity contribution in [1.82, 2.24) is 4.90 Å². The zero-order valence-corrected chi connectivity index (χ0v) is 11.1. The SMILES string of the molecule is CN(C)C(=O)CN(C)c1ccc(C(N)=S)cc1. The molecule has 0 spiro atoms. The van der Waals surface area contributed by atoms with Crippen molar-refractivity contribution in [3.05, 3.63) is 29.8 Å². The number of nitrogens with zero attached hydrogens (tertiary/aromatic N) is 2. The van der Waals surface area contributed by atoms with Gasteiger partial charge in [0.1, 0.15) is 4.99 Å². The van der Waals surface area contributed by atoms with E-state index in [0.29, 0.717) is 11.5 Å². The lowest BCUT2D eigenvalue weighted by atomic mass is 10.2. The number of likely N-dealkylation sites (N-methyl/N-ethyl adjacent to an activating group) is 2. The second kappa shape index (κ2) is 5.63. The second-order valence-electron chi connectivity index (χ2n) is 4.06. The average molecular weight is 251 g/mol. The molecule has 4 nitrogen and oxygen atoms in total. The smallest absolute Gasteiger partial charge is 0.241 e. The molecule has 1 aromatic carbocycles. The van der Waals surface area contributed by atoms with Gasteiger partial charge in [-0.05, 0) is 24.3 Å². The summed E-state index contributed by atoms with van der Waals surface area (Å²) in [5, 5.41) is 0. The summed E-state index contributed by atoms with van der Waals surface area (Å²) in [7, 11) is 5.36. The molecule has 1 rings (SSSR count). The highest BCUT2D eigenvalue weighted by molar-refractivity contribution is 7.80. The molecule has 0 fully saturated rings. The van der Waals surface area contributed by atoms with Gasteiger partial charge in [-0.3, -0.25) is 4.79 Å². The number of rotatable bonds is 4. The number of benzene rings is 1. The molecule has 1 amide bonds. The highest BCUT2D eigenvalue weighted by Crippen LogP contribution is 2.13. The summed E-state index contributed by atoms with van der Waals surface area (Å²) in [6, 6.07) is 7.51. The summed E-state index contributed by atoms with van der Waals surface area (Å²) in [5.74, 6) is 0.0610. The first kappa shape index (κ1) is 13.4. The van der Waals surface area contributed by atoms with Crippen molar-refractivity contribution in [2.45, 2.75) is 0 Å². The molecule has 0 bridgehead atoms. The first-order valence-corrected chi connectivity index (χ1v) is 5.64. The van der Waals surface area contributed by atoms with E-state index in [1.165, 1.54) is 0 Å². The Bertz CT molecular complexity index is 414. The van der Waals surface area contributed by atoms with Crippen LogP contribution >= 0.6 is 12.2 Å². The molecule has 0 unspecified atom stereocenters. The molecule has 0 aliphatic carbocycles. The second-order valence-corrected chi connectivity index (χ2v) is 4.50. The number of thiocarbonyl (C=S) groups is 1. The van der Waals surface area contributed by atoms with E-state index in [4.69, 9.17) is 18.0 Å². The van der Waals surface area contributed by atoms with Crippen LogP contribution in [0.3, 0.4) is 0 Å². The van der Waals surface area contributed by atoms with Crippen molar-refractivity contribution in [2.75, 3.05) is 32.6 Å². The number of hydrogen-bond acceptors (Lipinski definition) is 3. The lowest BCUT2D eigenvalue weighted by Crippen LogP contribution is -2.34. The number of carbonyl (C=O) groups excluding carboxylic acids is 1. The Balaban J connectivity index is 2.73. The standard InChI is InChI=1S/C12H17N3OS/c1-14(2)11(16)8-15(3)10-6-4-9(5-7-10)12(13)17/h4-7H,8H2,1-3H3,(H2,13,17). The summed E-state index contributed by atoms with van der Waals surface area (Å²) in [4.78, 5) is 15.4. The van der Waals surface area contributed by atoms with Gasteiger partial charge < -0.3 is 15.5 Å². The van der Waals surface area contributed by atoms with Gasteiger partial charge in [0.2, 0.25) is 5.91 Å². The minimum absolute atomic E-state index is 0.0610. The first-order valence-electron chi connectivity index (χ1n) is 5.23. The normalized spacial score (nSPS) is 9.82. The molecule has 0 aromatic heterocycles. The quantitative estimate of drug-likeness (QED) is 0.806. The molecule has 92 valence electrons. The van der Waals surface area contributed by atoms with Gasteiger partial charge in [0, 0.05) is 32.4 Å². The largest absolute Gasteiger partial charge is 0.389 e. The highest BCUT2D eigenvalue weighted by atomic mass is 32.1. The van der Waals surface area contributed by atoms with Crippen LogP contribution in [0.15, 0.2) is 24.3 Å². The lowest BCUT2D eigenvalue weighted by molar-refractivity contribution is -0.127. The number of amides is 1. The van der Waals surface area contributed by atoms with Crippen LogP contribution in [0.5, 0.6) is 0 Å². The van der Waals surface area contributed by atoms with Crippen LogP contribution in [-0.4, -0.2) is 43.5 Å². The van der Waals surface area contributed by atoms with Crippen LogP contribution in [0.1, 0.15) is 5.56 Å². The van der Waals surface area contributed by atoms with E-state index in [0.717, 1.165) is 11.3 Å². The third-order valence-electron chi connectivity index (χ3n) is 2.46. The van der Waals surface area contributed by atoms with Crippen molar-refractivity contribution in [1.29, 1.82) is 0 Å². The molecule has 0 atom stereocenters. The minimum Gasteiger partial charge on any atom is -0.389 e. The molecule has 17 heavy (non-hydrogen) atoms. The fraction of sp³-hybridized carbons (Fsp3) is 0.333. The lowest BCUT2D eigenvalue weighted by Gasteiger charge is -2.21. The first-order chi connectivity index (χ1) is 7.91. The molecule has 0 aliphatic heterocycles. The van der Waals surface area contributed by atoms with E-state index in [1.54, 1.807) is 19.0 Å². The van der Waals surface area contributed by atoms with Gasteiger partial charge in [0.15, 0.2) is 0 Å². The Morgan fingerprint density at radius 3 is 2.18 bits per heavy atom. The predicted octanol–water partition coefficient (Wildman–Crippen LogP) is 0.845. The molecule has 1 aromatic rings. The monoisotopic (exact) mass is 251 g/mol. The molecule has 0 aliphatic rings. The zero-order valence-electron chi connectivity index (χ0n) is 10.3. The maximum atomic E-state index is 11.5. The summed E-state index contributed by atoms with van der Waals surface area (Å²) in [5.41, 5.74) is 7.31. The minimum atomic E-state index is 0.0610. The Labute approximate surface area is 107 Å². The third-order valence-corrected chi connectivity index (χ3v) is 2.70. The van der Waals surface area contributed by atoms with Crippen LogP contribution in [0.25, 0.3) is 0 Å². The Morgan fingerprint density at radius 2 is 1.76 bits per heavy atom. The van der Waals surface area contributed by atoms with Gasteiger partial charge in [-0.15, -0.1) is 0 Å². The molecular formula is C12H17N3OS. The van der Waals surface area contributed by atoms with Gasteiger partial charge in [-0.2, -0.15) is 0 Å².